The summed E-state index contributed by atoms with van der Waals surface area (Å²) < 4.78 is 98.8. The van der Waals surface area contributed by atoms with E-state index in [1.54, 1.807) is 0 Å². The van der Waals surface area contributed by atoms with Gasteiger partial charge in [0.1, 0.15) is 0 Å². The first-order valence-corrected chi connectivity index (χ1v) is 12.9. The molecule has 0 aromatic heterocycles. The van der Waals surface area contributed by atoms with Crippen LogP contribution in [0.1, 0.15) is 0 Å². The predicted octanol–water partition coefficient (Wildman–Crippen LogP) is 5.06. The average Bonchev–Trinajstić information content (AvgIpc) is 2.80. The van der Waals surface area contributed by atoms with Crippen LogP contribution in [0.2, 0.25) is 0 Å². The summed E-state index contributed by atoms with van der Waals surface area (Å²) in [7, 11) is -5.71. The quantitative estimate of drug-likeness (QED) is 0.0904. The van der Waals surface area contributed by atoms with Gasteiger partial charge in [0, 0.05) is 0 Å². The van der Waals surface area contributed by atoms with Crippen LogP contribution in [0.3, 0.4) is 0 Å². The van der Waals surface area contributed by atoms with Crippen molar-refractivity contribution >= 4 is 41.7 Å². The number of rotatable bonds is 7. The monoisotopic (exact) mass is 618 g/mol. The molecule has 0 spiro atoms. The van der Waals surface area contributed by atoms with E-state index in [2.05, 4.69) is 0 Å². The normalized spacial score (nSPS) is 11.9. The van der Waals surface area contributed by atoms with E-state index < -0.39 is 85.6 Å². The summed E-state index contributed by atoms with van der Waals surface area (Å²) in [6, 6.07) is 8.38. The summed E-state index contributed by atoms with van der Waals surface area (Å²) in [5.74, 6) is -13.0. The molecule has 0 amide bonds. The minimum atomic E-state index is -5.71. The van der Waals surface area contributed by atoms with Gasteiger partial charge in [0.15, 0.2) is 0 Å². The molecule has 0 aliphatic heterocycles. The second kappa shape index (κ2) is 9.55. The third-order valence-electron chi connectivity index (χ3n) is 4.00. The van der Waals surface area contributed by atoms with Crippen LogP contribution in [0.5, 0.6) is 0 Å². The fourth-order valence-corrected chi connectivity index (χ4v) is 9.70. The molecule has 0 aliphatic rings. The second-order valence-corrected chi connectivity index (χ2v) is 12.6. The Morgan fingerprint density at radius 3 is 1.47 bits per heavy atom. The van der Waals surface area contributed by atoms with Crippen LogP contribution in [0.15, 0.2) is 53.4 Å². The molecule has 34 heavy (non-hydrogen) atoms. The molecule has 3 aromatic rings. The van der Waals surface area contributed by atoms with Crippen molar-refractivity contribution in [2.75, 3.05) is 0 Å². The van der Waals surface area contributed by atoms with Crippen molar-refractivity contribution < 1.29 is 42.7 Å². The number of non-ortho nitro benzene ring substituents is 2. The number of hydrogen-bond acceptors (Lipinski definition) is 7. The summed E-state index contributed by atoms with van der Waals surface area (Å²) in [5, 5.41) is 22.2. The van der Waals surface area contributed by atoms with Crippen LogP contribution < -0.4 is 0 Å². The number of nitro groups is 2. The molecule has 0 N–H and O–H groups in total. The Kier molecular flexibility index (Phi) is 7.13. The van der Waals surface area contributed by atoms with Gasteiger partial charge in [-0.25, -0.2) is 0 Å². The van der Waals surface area contributed by atoms with Crippen molar-refractivity contribution in [1.82, 2.24) is 0 Å². The molecule has 3 rings (SSSR count). The van der Waals surface area contributed by atoms with Crippen molar-refractivity contribution in [3.8, 4) is 0 Å². The standard InChI is InChI=1S/C18H8F5IN2O7S/c19-13-14(20)16(22)18(17(23)15(13)21)34(31,32)33-24(9-3-1-5-11(7-9)25(27)28)10-4-2-6-12(8-10)26(29)30/h1-8H. The molecule has 0 atom stereocenters. The van der Waals surface area contributed by atoms with Crippen molar-refractivity contribution in [2.24, 2.45) is 0 Å². The molecule has 0 radical (unpaired) electrons. The molecular weight excluding hydrogens is 610 g/mol. The van der Waals surface area contributed by atoms with E-state index in [-0.39, 0.29) is 7.14 Å². The van der Waals surface area contributed by atoms with E-state index in [9.17, 15) is 50.6 Å². The summed E-state index contributed by atoms with van der Waals surface area (Å²) in [5.41, 5.74) is -1.08. The van der Waals surface area contributed by atoms with Gasteiger partial charge in [-0.1, -0.05) is 0 Å². The maximum absolute atomic E-state index is 14.2. The van der Waals surface area contributed by atoms with Gasteiger partial charge in [-0.05, 0) is 0 Å². The van der Waals surface area contributed by atoms with Crippen LogP contribution in [0, 0.1) is 56.5 Å². The molecule has 0 heterocycles. The Morgan fingerprint density at radius 1 is 0.706 bits per heavy atom. The molecule has 3 aromatic carbocycles. The summed E-state index contributed by atoms with van der Waals surface area (Å²) in [6.07, 6.45) is 0. The Labute approximate surface area is 194 Å². The second-order valence-electron chi connectivity index (χ2n) is 6.14. The molecule has 0 bridgehead atoms. The van der Waals surface area contributed by atoms with Crippen LogP contribution in [0.25, 0.3) is 0 Å². The summed E-state index contributed by atoms with van der Waals surface area (Å²) in [6.45, 7) is 0. The van der Waals surface area contributed by atoms with Gasteiger partial charge in [-0.2, -0.15) is 0 Å². The van der Waals surface area contributed by atoms with Crippen molar-refractivity contribution in [1.29, 1.82) is 0 Å². The molecule has 0 saturated carbocycles. The topological polar surface area (TPSA) is 130 Å². The molecular formula is C18H8F5IN2O7S. The molecule has 0 unspecified atom stereocenters. The van der Waals surface area contributed by atoms with Crippen molar-refractivity contribution in [3.63, 3.8) is 0 Å². The number of nitro benzene ring substituents is 2. The van der Waals surface area contributed by atoms with E-state index in [1.165, 1.54) is 0 Å². The maximum atomic E-state index is 14.2. The zero-order chi connectivity index (χ0) is 25.4. The van der Waals surface area contributed by atoms with Crippen molar-refractivity contribution in [2.45, 2.75) is 4.90 Å². The van der Waals surface area contributed by atoms with Gasteiger partial charge in [0.2, 0.25) is 0 Å². The Morgan fingerprint density at radius 2 is 1.09 bits per heavy atom. The van der Waals surface area contributed by atoms with Gasteiger partial charge >= 0.3 is 194 Å². The Hall–Kier alpha value is -3.25. The Balaban J connectivity index is 2.23. The van der Waals surface area contributed by atoms with Gasteiger partial charge in [-0.3, -0.25) is 0 Å². The van der Waals surface area contributed by atoms with Crippen LogP contribution in [-0.2, 0) is 12.6 Å². The first-order valence-electron chi connectivity index (χ1n) is 8.50. The third-order valence-corrected chi connectivity index (χ3v) is 11.3. The molecule has 9 nitrogen and oxygen atoms in total. The SMILES string of the molecule is O=[N+]([O-])c1cccc(I(OS(=O)(=O)c2c(F)c(F)c(F)c(F)c2F)c2cccc([N+](=O)[O-])c2)c1. The van der Waals surface area contributed by atoms with E-state index in [1.807, 2.05) is 0 Å². The van der Waals surface area contributed by atoms with Gasteiger partial charge in [-0.15, -0.1) is 0 Å². The predicted molar refractivity (Wildman–Crippen MR) is 112 cm³/mol. The van der Waals surface area contributed by atoms with E-state index >= 15 is 0 Å². The first-order chi connectivity index (χ1) is 15.8. The third kappa shape index (κ3) is 4.82. The number of nitrogens with zero attached hydrogens (tertiary/aromatic N) is 2. The number of benzene rings is 3. The number of halogens is 6. The molecule has 16 heteroatoms. The van der Waals surface area contributed by atoms with Crippen LogP contribution in [-0.4, -0.2) is 18.3 Å². The average molecular weight is 618 g/mol. The van der Waals surface area contributed by atoms with Crippen LogP contribution >= 0.6 is 20.2 Å². The molecule has 0 fully saturated rings. The minimum absolute atomic E-state index is 0.175. The van der Waals surface area contributed by atoms with E-state index in [0.29, 0.717) is 0 Å². The van der Waals surface area contributed by atoms with Crippen LogP contribution in [0.4, 0.5) is 33.3 Å². The Bertz CT molecular complexity index is 1350. The fraction of sp³-hybridized carbons (Fsp3) is 0. The summed E-state index contributed by atoms with van der Waals surface area (Å²) in [4.78, 5) is 18.3. The van der Waals surface area contributed by atoms with Gasteiger partial charge < -0.3 is 0 Å². The van der Waals surface area contributed by atoms with Crippen molar-refractivity contribution in [3.05, 3.63) is 105 Å². The zero-order valence-electron chi connectivity index (χ0n) is 16.0. The van der Waals surface area contributed by atoms with Gasteiger partial charge in [0.05, 0.1) is 0 Å². The van der Waals surface area contributed by atoms with E-state index in [4.69, 9.17) is 2.51 Å². The first kappa shape index (κ1) is 25.4. The summed E-state index contributed by atoms with van der Waals surface area (Å²) >= 11 is -4.07. The van der Waals surface area contributed by atoms with Gasteiger partial charge in [0.25, 0.3) is 0 Å². The molecule has 0 aliphatic carbocycles. The van der Waals surface area contributed by atoms with E-state index in [0.717, 1.165) is 48.5 Å². The zero-order valence-corrected chi connectivity index (χ0v) is 19.0. The molecule has 0 saturated heterocycles. The number of hydrogen-bond donors (Lipinski definition) is 0. The fourth-order valence-electron chi connectivity index (χ4n) is 2.51. The molecule has 180 valence electrons.